The summed E-state index contributed by atoms with van der Waals surface area (Å²) < 4.78 is 37.1. The van der Waals surface area contributed by atoms with E-state index in [0.717, 1.165) is 23.4 Å². The fourth-order valence-corrected chi connectivity index (χ4v) is 2.82. The van der Waals surface area contributed by atoms with Gasteiger partial charge in [-0.3, -0.25) is 4.98 Å². The van der Waals surface area contributed by atoms with E-state index >= 15 is 0 Å². The second kappa shape index (κ2) is 5.32. The minimum atomic E-state index is -4.33. The summed E-state index contributed by atoms with van der Waals surface area (Å²) in [6, 6.07) is 2.48. The summed E-state index contributed by atoms with van der Waals surface area (Å²) in [4.78, 5) is 3.86. The van der Waals surface area contributed by atoms with Crippen LogP contribution in [0, 0.1) is 0 Å². The maximum atomic E-state index is 12.4. The lowest BCUT2D eigenvalue weighted by molar-refractivity contribution is -0.137. The highest BCUT2D eigenvalue weighted by Gasteiger charge is 2.30. The third kappa shape index (κ3) is 3.05. The first kappa shape index (κ1) is 13.4. The van der Waals surface area contributed by atoms with Crippen LogP contribution in [0.1, 0.15) is 22.4 Å². The average molecular weight is 289 g/mol. The molecule has 0 aliphatic carbocycles. The fourth-order valence-electron chi connectivity index (χ4n) is 1.54. The molecule has 0 spiro atoms. The normalized spacial score (nSPS) is 11.8. The Labute approximate surface area is 112 Å². The van der Waals surface area contributed by atoms with Gasteiger partial charge in [-0.25, -0.2) is 0 Å². The zero-order valence-corrected chi connectivity index (χ0v) is 10.9. The number of hydrogen-bond acceptors (Lipinski definition) is 3. The quantitative estimate of drug-likeness (QED) is 0.836. The van der Waals surface area contributed by atoms with Crippen LogP contribution in [-0.2, 0) is 18.3 Å². The lowest BCUT2D eigenvalue weighted by Crippen LogP contribution is -2.06. The monoisotopic (exact) mass is 289 g/mol. The lowest BCUT2D eigenvalue weighted by atomic mass is 10.1. The van der Waals surface area contributed by atoms with Crippen LogP contribution in [0.2, 0.25) is 0 Å². The molecule has 6 heteroatoms. The van der Waals surface area contributed by atoms with Gasteiger partial charge in [-0.05, 0) is 34.0 Å². The molecule has 0 N–H and O–H groups in total. The Balaban J connectivity index is 2.16. The number of halogens is 3. The molecule has 0 saturated carbocycles. The van der Waals surface area contributed by atoms with E-state index in [-0.39, 0.29) is 0 Å². The van der Waals surface area contributed by atoms with E-state index in [1.54, 1.807) is 11.3 Å². The molecule has 18 heavy (non-hydrogen) atoms. The summed E-state index contributed by atoms with van der Waals surface area (Å²) >= 11 is 5.76. The summed E-state index contributed by atoms with van der Waals surface area (Å²) in [5.74, 6) is 0.624. The number of hydrogen-bond donors (Lipinski definition) is 1. The molecule has 2 heterocycles. The van der Waals surface area contributed by atoms with Gasteiger partial charge in [-0.2, -0.15) is 37.1 Å². The molecule has 0 radical (unpaired) electrons. The van der Waals surface area contributed by atoms with E-state index in [4.69, 9.17) is 0 Å². The van der Waals surface area contributed by atoms with Crippen molar-refractivity contribution in [2.24, 2.45) is 0 Å². The standard InChI is InChI=1S/C12H10F3NS2/c13-12(14,15)10-1-2-11(16-4-10)3-8-6-18-7-9(8)5-17/h1-2,4,6-7,17H,3,5H2. The van der Waals surface area contributed by atoms with E-state index in [1.807, 2.05) is 10.8 Å². The van der Waals surface area contributed by atoms with Crippen molar-refractivity contribution < 1.29 is 13.2 Å². The Morgan fingerprint density at radius 3 is 2.44 bits per heavy atom. The molecule has 0 atom stereocenters. The lowest BCUT2D eigenvalue weighted by Gasteiger charge is -2.07. The van der Waals surface area contributed by atoms with Crippen LogP contribution >= 0.6 is 24.0 Å². The Morgan fingerprint density at radius 1 is 1.17 bits per heavy atom. The van der Waals surface area contributed by atoms with Crippen LogP contribution in [0.4, 0.5) is 13.2 Å². The summed E-state index contributed by atoms with van der Waals surface area (Å²) in [6.07, 6.45) is -2.91. The van der Waals surface area contributed by atoms with Crippen molar-refractivity contribution >= 4 is 24.0 Å². The van der Waals surface area contributed by atoms with Gasteiger partial charge in [-0.15, -0.1) is 0 Å². The van der Waals surface area contributed by atoms with E-state index in [9.17, 15) is 13.2 Å². The van der Waals surface area contributed by atoms with Gasteiger partial charge in [0, 0.05) is 24.1 Å². The Kier molecular flexibility index (Phi) is 3.97. The highest BCUT2D eigenvalue weighted by molar-refractivity contribution is 7.79. The average Bonchev–Trinajstić information content (AvgIpc) is 2.76. The topological polar surface area (TPSA) is 12.9 Å². The molecule has 1 nitrogen and oxygen atoms in total. The predicted molar refractivity (Wildman–Crippen MR) is 69.1 cm³/mol. The number of thiophene rings is 1. The van der Waals surface area contributed by atoms with Crippen LogP contribution in [0.15, 0.2) is 29.1 Å². The SMILES string of the molecule is FC(F)(F)c1ccc(Cc2cscc2CS)nc1. The molecular formula is C12H10F3NS2. The van der Waals surface area contributed by atoms with Crippen LogP contribution in [0.25, 0.3) is 0 Å². The van der Waals surface area contributed by atoms with Crippen molar-refractivity contribution in [1.29, 1.82) is 0 Å². The summed E-state index contributed by atoms with van der Waals surface area (Å²) in [6.45, 7) is 0. The molecule has 2 aromatic heterocycles. The molecule has 0 aliphatic heterocycles. The van der Waals surface area contributed by atoms with Crippen molar-refractivity contribution in [2.75, 3.05) is 0 Å². The molecule has 0 amide bonds. The van der Waals surface area contributed by atoms with Crippen molar-refractivity contribution in [3.8, 4) is 0 Å². The highest BCUT2D eigenvalue weighted by atomic mass is 32.1. The Bertz CT molecular complexity index is 517. The van der Waals surface area contributed by atoms with Crippen molar-refractivity contribution in [3.05, 3.63) is 51.5 Å². The molecular weight excluding hydrogens is 279 g/mol. The van der Waals surface area contributed by atoms with Crippen LogP contribution in [-0.4, -0.2) is 4.98 Å². The Morgan fingerprint density at radius 2 is 1.89 bits per heavy atom. The van der Waals surface area contributed by atoms with Gasteiger partial charge in [0.15, 0.2) is 0 Å². The first-order valence-electron chi connectivity index (χ1n) is 5.17. The maximum Gasteiger partial charge on any atom is 0.417 e. The molecule has 2 aromatic rings. The third-order valence-corrected chi connectivity index (χ3v) is 3.71. The van der Waals surface area contributed by atoms with Gasteiger partial charge in [0.25, 0.3) is 0 Å². The second-order valence-electron chi connectivity index (χ2n) is 3.79. The minimum absolute atomic E-state index is 0.539. The predicted octanol–water partition coefficient (Wildman–Crippen LogP) is 4.18. The third-order valence-electron chi connectivity index (χ3n) is 2.53. The van der Waals surface area contributed by atoms with Gasteiger partial charge in [0.05, 0.1) is 5.56 Å². The molecule has 96 valence electrons. The van der Waals surface area contributed by atoms with Crippen LogP contribution in [0.3, 0.4) is 0 Å². The molecule has 0 bridgehead atoms. The first-order valence-corrected chi connectivity index (χ1v) is 6.75. The van der Waals surface area contributed by atoms with Gasteiger partial charge < -0.3 is 0 Å². The number of pyridine rings is 1. The zero-order chi connectivity index (χ0) is 13.2. The first-order chi connectivity index (χ1) is 8.50. The van der Waals surface area contributed by atoms with E-state index in [1.165, 1.54) is 6.07 Å². The molecule has 0 fully saturated rings. The zero-order valence-electron chi connectivity index (χ0n) is 9.24. The van der Waals surface area contributed by atoms with Crippen molar-refractivity contribution in [3.63, 3.8) is 0 Å². The second-order valence-corrected chi connectivity index (χ2v) is 4.85. The van der Waals surface area contributed by atoms with Crippen molar-refractivity contribution in [2.45, 2.75) is 18.3 Å². The summed E-state index contributed by atoms with van der Waals surface area (Å²) in [5, 5.41) is 3.97. The number of aromatic nitrogens is 1. The van der Waals surface area contributed by atoms with Gasteiger partial charge in [0.1, 0.15) is 0 Å². The van der Waals surface area contributed by atoms with Crippen LogP contribution < -0.4 is 0 Å². The summed E-state index contributed by atoms with van der Waals surface area (Å²) in [7, 11) is 0. The van der Waals surface area contributed by atoms with E-state index < -0.39 is 11.7 Å². The van der Waals surface area contributed by atoms with Crippen LogP contribution in [0.5, 0.6) is 0 Å². The molecule has 0 unspecified atom stereocenters. The Hall–Kier alpha value is -1.01. The molecule has 2 rings (SSSR count). The molecule has 0 aromatic carbocycles. The van der Waals surface area contributed by atoms with Gasteiger partial charge in [0.2, 0.25) is 0 Å². The number of alkyl halides is 3. The minimum Gasteiger partial charge on any atom is -0.260 e. The van der Waals surface area contributed by atoms with Gasteiger partial charge >= 0.3 is 6.18 Å². The van der Waals surface area contributed by atoms with E-state index in [0.29, 0.717) is 17.9 Å². The molecule has 0 saturated heterocycles. The highest BCUT2D eigenvalue weighted by Crippen LogP contribution is 2.28. The van der Waals surface area contributed by atoms with Gasteiger partial charge in [-0.1, -0.05) is 0 Å². The maximum absolute atomic E-state index is 12.4. The largest absolute Gasteiger partial charge is 0.417 e. The number of nitrogens with zero attached hydrogens (tertiary/aromatic N) is 1. The number of thiol groups is 1. The van der Waals surface area contributed by atoms with E-state index in [2.05, 4.69) is 17.6 Å². The van der Waals surface area contributed by atoms with Crippen molar-refractivity contribution in [1.82, 2.24) is 4.98 Å². The fraction of sp³-hybridized carbons (Fsp3) is 0.250. The molecule has 0 aliphatic rings. The smallest absolute Gasteiger partial charge is 0.260 e. The summed E-state index contributed by atoms with van der Waals surface area (Å²) in [5.41, 5.74) is 2.09. The number of rotatable bonds is 3.